The summed E-state index contributed by atoms with van der Waals surface area (Å²) in [6, 6.07) is 2.13. The van der Waals surface area contributed by atoms with Crippen molar-refractivity contribution in [3.63, 3.8) is 0 Å². The monoisotopic (exact) mass is 451 g/mol. The van der Waals surface area contributed by atoms with Crippen molar-refractivity contribution in [2.45, 2.75) is 71.4 Å². The Bertz CT molecular complexity index is 706. The summed E-state index contributed by atoms with van der Waals surface area (Å²) < 4.78 is 10.9. The van der Waals surface area contributed by atoms with Crippen molar-refractivity contribution in [2.24, 2.45) is 0 Å². The Hall–Kier alpha value is -2.06. The highest BCUT2D eigenvalue weighted by Crippen LogP contribution is 2.24. The smallest absolute Gasteiger partial charge is 0.407 e. The van der Waals surface area contributed by atoms with Gasteiger partial charge in [0.1, 0.15) is 11.4 Å². The van der Waals surface area contributed by atoms with E-state index in [9.17, 15) is 9.59 Å². The number of likely N-dealkylation sites (tertiary alicyclic amines) is 1. The van der Waals surface area contributed by atoms with Crippen LogP contribution in [0, 0.1) is 0 Å². The molecule has 1 aliphatic rings. The van der Waals surface area contributed by atoms with Gasteiger partial charge in [0, 0.05) is 36.2 Å². The number of carbonyl (C=O) groups is 2. The van der Waals surface area contributed by atoms with Crippen molar-refractivity contribution in [1.29, 1.82) is 0 Å². The summed E-state index contributed by atoms with van der Waals surface area (Å²) >= 11 is 1.75. The van der Waals surface area contributed by atoms with Crippen molar-refractivity contribution < 1.29 is 19.1 Å². The van der Waals surface area contributed by atoms with Gasteiger partial charge in [-0.1, -0.05) is 12.5 Å². The van der Waals surface area contributed by atoms with Crippen molar-refractivity contribution in [1.82, 2.24) is 15.5 Å². The lowest BCUT2D eigenvalue weighted by atomic mass is 10.1. The lowest BCUT2D eigenvalue weighted by molar-refractivity contribution is -0.120. The predicted molar refractivity (Wildman–Crippen MR) is 124 cm³/mol. The molecule has 1 aromatic rings. The highest BCUT2D eigenvalue weighted by atomic mass is 32.1. The lowest BCUT2D eigenvalue weighted by Crippen LogP contribution is -2.33. The van der Waals surface area contributed by atoms with Gasteiger partial charge in [-0.25, -0.2) is 4.79 Å². The van der Waals surface area contributed by atoms with Gasteiger partial charge in [-0.05, 0) is 65.4 Å². The molecule has 0 atom stereocenters. The summed E-state index contributed by atoms with van der Waals surface area (Å²) in [6.07, 6.45) is 8.66. The zero-order valence-electron chi connectivity index (χ0n) is 19.1. The Kier molecular flexibility index (Phi) is 10.9. The van der Waals surface area contributed by atoms with Gasteiger partial charge < -0.3 is 20.1 Å². The van der Waals surface area contributed by atoms with Crippen LogP contribution in [0.1, 0.15) is 64.2 Å². The minimum absolute atomic E-state index is 0.0802. The predicted octanol–water partition coefficient (Wildman–Crippen LogP) is 4.44. The van der Waals surface area contributed by atoms with Crippen LogP contribution in [0.4, 0.5) is 4.79 Å². The van der Waals surface area contributed by atoms with E-state index in [0.29, 0.717) is 26.0 Å². The van der Waals surface area contributed by atoms with E-state index in [4.69, 9.17) is 9.47 Å². The maximum atomic E-state index is 11.8. The van der Waals surface area contributed by atoms with Gasteiger partial charge in [-0.15, -0.1) is 11.3 Å². The molecular formula is C23H37N3O4S. The number of hydrogen-bond donors (Lipinski definition) is 2. The Morgan fingerprint density at radius 3 is 2.74 bits per heavy atom. The zero-order chi connectivity index (χ0) is 22.5. The molecular weight excluding hydrogens is 414 g/mol. The SMILES string of the molecule is CC(C)(C)OC(=O)NCCCC(=O)N/C=C\CCOc1csc(CN2CCCCC2)c1. The van der Waals surface area contributed by atoms with Crippen molar-refractivity contribution in [3.05, 3.63) is 28.6 Å². The molecule has 2 heterocycles. The average Bonchev–Trinajstić information content (AvgIpc) is 3.14. The van der Waals surface area contributed by atoms with Gasteiger partial charge in [-0.2, -0.15) is 0 Å². The number of carbonyl (C=O) groups excluding carboxylic acids is 2. The molecule has 8 heteroatoms. The van der Waals surface area contributed by atoms with E-state index in [1.807, 2.05) is 26.8 Å². The van der Waals surface area contributed by atoms with Crippen molar-refractivity contribution >= 4 is 23.3 Å². The zero-order valence-corrected chi connectivity index (χ0v) is 19.9. The summed E-state index contributed by atoms with van der Waals surface area (Å²) in [5.41, 5.74) is -0.519. The highest BCUT2D eigenvalue weighted by Gasteiger charge is 2.15. The minimum Gasteiger partial charge on any atom is -0.492 e. The first-order valence-electron chi connectivity index (χ1n) is 11.2. The van der Waals surface area contributed by atoms with E-state index in [-0.39, 0.29) is 5.91 Å². The maximum absolute atomic E-state index is 11.8. The van der Waals surface area contributed by atoms with Gasteiger partial charge in [0.05, 0.1) is 6.61 Å². The van der Waals surface area contributed by atoms with Crippen LogP contribution in [0.2, 0.25) is 0 Å². The number of piperidine rings is 1. The lowest BCUT2D eigenvalue weighted by Gasteiger charge is -2.25. The van der Waals surface area contributed by atoms with Crippen LogP contribution in [-0.4, -0.2) is 48.7 Å². The molecule has 0 spiro atoms. The summed E-state index contributed by atoms with van der Waals surface area (Å²) in [6.45, 7) is 9.83. The molecule has 174 valence electrons. The fraction of sp³-hybridized carbons (Fsp3) is 0.652. The Labute approximate surface area is 190 Å². The van der Waals surface area contributed by atoms with E-state index < -0.39 is 11.7 Å². The second-order valence-corrected chi connectivity index (χ2v) is 9.72. The summed E-state index contributed by atoms with van der Waals surface area (Å²) in [5, 5.41) is 7.44. The molecule has 0 saturated carbocycles. The van der Waals surface area contributed by atoms with Crippen molar-refractivity contribution in [3.8, 4) is 5.75 Å². The molecule has 0 radical (unpaired) electrons. The molecule has 0 unspecified atom stereocenters. The molecule has 0 bridgehead atoms. The van der Waals surface area contributed by atoms with Crippen LogP contribution in [0.25, 0.3) is 0 Å². The minimum atomic E-state index is -0.519. The van der Waals surface area contributed by atoms with Crippen LogP contribution in [0.3, 0.4) is 0 Å². The third-order valence-electron chi connectivity index (χ3n) is 4.62. The topological polar surface area (TPSA) is 79.9 Å². The van der Waals surface area contributed by atoms with Gasteiger partial charge in [-0.3, -0.25) is 9.69 Å². The highest BCUT2D eigenvalue weighted by molar-refractivity contribution is 7.10. The number of amides is 2. The van der Waals surface area contributed by atoms with Gasteiger partial charge in [0.25, 0.3) is 0 Å². The number of ether oxygens (including phenoxy) is 2. The molecule has 2 rings (SSSR count). The summed E-state index contributed by atoms with van der Waals surface area (Å²) in [5.74, 6) is 0.843. The first-order chi connectivity index (χ1) is 14.8. The molecule has 2 N–H and O–H groups in total. The molecule has 1 aliphatic heterocycles. The number of nitrogens with one attached hydrogen (secondary N) is 2. The second-order valence-electron chi connectivity index (χ2n) is 8.72. The normalized spacial score (nSPS) is 15.1. The van der Waals surface area contributed by atoms with Gasteiger partial charge in [0.15, 0.2) is 0 Å². The summed E-state index contributed by atoms with van der Waals surface area (Å²) in [4.78, 5) is 27.2. The molecule has 31 heavy (non-hydrogen) atoms. The Morgan fingerprint density at radius 2 is 2.00 bits per heavy atom. The first-order valence-corrected chi connectivity index (χ1v) is 12.0. The second kappa shape index (κ2) is 13.4. The largest absolute Gasteiger partial charge is 0.492 e. The molecule has 7 nitrogen and oxygen atoms in total. The number of hydrogen-bond acceptors (Lipinski definition) is 6. The van der Waals surface area contributed by atoms with E-state index in [2.05, 4.69) is 27.0 Å². The molecule has 1 fully saturated rings. The van der Waals surface area contributed by atoms with Crippen LogP contribution in [-0.2, 0) is 16.1 Å². The van der Waals surface area contributed by atoms with Crippen molar-refractivity contribution in [2.75, 3.05) is 26.2 Å². The standard InChI is InChI=1S/C23H37N3O4S/c1-23(2,3)30-22(28)25-12-9-10-21(27)24-11-5-8-15-29-19-16-20(31-18-19)17-26-13-6-4-7-14-26/h5,11,16,18H,4,6-10,12-15,17H2,1-3H3,(H,24,27)(H,25,28)/b11-5-. The van der Waals surface area contributed by atoms with E-state index >= 15 is 0 Å². The van der Waals surface area contributed by atoms with E-state index in [0.717, 1.165) is 18.7 Å². The molecule has 0 aromatic carbocycles. The fourth-order valence-corrected chi connectivity index (χ4v) is 4.01. The van der Waals surface area contributed by atoms with E-state index in [1.54, 1.807) is 17.5 Å². The number of alkyl carbamates (subject to hydrolysis) is 1. The van der Waals surface area contributed by atoms with E-state index in [1.165, 1.54) is 37.2 Å². The molecule has 1 aromatic heterocycles. The van der Waals surface area contributed by atoms with Crippen LogP contribution >= 0.6 is 11.3 Å². The third-order valence-corrected chi connectivity index (χ3v) is 5.52. The number of nitrogens with zero attached hydrogens (tertiary/aromatic N) is 1. The third kappa shape index (κ3) is 11.8. The molecule has 2 amide bonds. The van der Waals surface area contributed by atoms with Gasteiger partial charge in [0.2, 0.25) is 5.91 Å². The first kappa shape index (κ1) is 25.2. The maximum Gasteiger partial charge on any atom is 0.407 e. The molecule has 0 aliphatic carbocycles. The summed E-state index contributed by atoms with van der Waals surface area (Å²) in [7, 11) is 0. The quantitative estimate of drug-likeness (QED) is 0.486. The van der Waals surface area contributed by atoms with Crippen LogP contribution in [0.15, 0.2) is 23.7 Å². The number of rotatable bonds is 11. The average molecular weight is 452 g/mol. The fourth-order valence-electron chi connectivity index (χ4n) is 3.16. The Morgan fingerprint density at radius 1 is 1.23 bits per heavy atom. The van der Waals surface area contributed by atoms with Gasteiger partial charge >= 0.3 is 6.09 Å². The van der Waals surface area contributed by atoms with Crippen LogP contribution < -0.4 is 15.4 Å². The van der Waals surface area contributed by atoms with Crippen LogP contribution in [0.5, 0.6) is 5.75 Å². The number of thiophene rings is 1. The Balaban J connectivity index is 1.49. The molecule has 1 saturated heterocycles.